The second kappa shape index (κ2) is 9.93. The van der Waals surface area contributed by atoms with Gasteiger partial charge in [0, 0.05) is 50.2 Å². The first-order chi connectivity index (χ1) is 13.1. The van der Waals surface area contributed by atoms with E-state index in [0.29, 0.717) is 36.9 Å². The molecule has 2 rings (SSSR count). The lowest BCUT2D eigenvalue weighted by atomic mass is 10.1. The van der Waals surface area contributed by atoms with Gasteiger partial charge in [-0.2, -0.15) is 17.5 Å². The van der Waals surface area contributed by atoms with Gasteiger partial charge in [0.05, 0.1) is 11.3 Å². The zero-order chi connectivity index (χ0) is 20.8. The minimum absolute atomic E-state index is 0.0390. The number of hydrogen-bond acceptors (Lipinski definition) is 4. The fraction of sp³-hybridized carbons (Fsp3) is 0.588. The van der Waals surface area contributed by atoms with Gasteiger partial charge in [-0.1, -0.05) is 22.0 Å². The summed E-state index contributed by atoms with van der Waals surface area (Å²) in [5, 5.41) is 3.29. The largest absolute Gasteiger partial charge is 0.416 e. The topological polar surface area (TPSA) is 69.7 Å². The molecule has 28 heavy (non-hydrogen) atoms. The predicted octanol–water partition coefficient (Wildman–Crippen LogP) is 2.45. The number of hydrogen-bond donors (Lipinski definition) is 1. The Hall–Kier alpha value is -1.33. The number of piperazine rings is 1. The molecule has 6 nitrogen and oxygen atoms in total. The Kier molecular flexibility index (Phi) is 8.14. The highest BCUT2D eigenvalue weighted by molar-refractivity contribution is 9.09. The molecule has 1 N–H and O–H groups in total. The number of alkyl halides is 4. The summed E-state index contributed by atoms with van der Waals surface area (Å²) in [6, 6.07) is 5.02. The number of carbonyl (C=O) groups is 1. The molecule has 1 aliphatic heterocycles. The normalized spacial score (nSPS) is 16.2. The SMILES string of the molecule is O=C(CCCBr)NCCS(=O)(=O)N1CCN(c2cccc(C(F)(F)F)c2)CC1. The summed E-state index contributed by atoms with van der Waals surface area (Å²) in [7, 11) is -3.53. The van der Waals surface area contributed by atoms with Crippen molar-refractivity contribution >= 4 is 37.5 Å². The second-order valence-corrected chi connectivity index (χ2v) is 9.27. The molecule has 11 heteroatoms. The molecule has 0 saturated carbocycles. The summed E-state index contributed by atoms with van der Waals surface area (Å²) >= 11 is 3.22. The van der Waals surface area contributed by atoms with E-state index in [9.17, 15) is 26.4 Å². The van der Waals surface area contributed by atoms with Crippen molar-refractivity contribution in [3.8, 4) is 0 Å². The molecule has 0 aromatic heterocycles. The highest BCUT2D eigenvalue weighted by Crippen LogP contribution is 2.32. The van der Waals surface area contributed by atoms with Gasteiger partial charge in [-0.15, -0.1) is 0 Å². The molecule has 0 spiro atoms. The van der Waals surface area contributed by atoms with Gasteiger partial charge in [0.1, 0.15) is 0 Å². The van der Waals surface area contributed by atoms with E-state index in [0.717, 1.165) is 12.1 Å². The van der Waals surface area contributed by atoms with E-state index in [4.69, 9.17) is 0 Å². The van der Waals surface area contributed by atoms with Crippen molar-refractivity contribution < 1.29 is 26.4 Å². The van der Waals surface area contributed by atoms with Crippen LogP contribution in [0.3, 0.4) is 0 Å². The van der Waals surface area contributed by atoms with Gasteiger partial charge in [0.2, 0.25) is 15.9 Å². The van der Waals surface area contributed by atoms with Crippen LogP contribution in [-0.2, 0) is 21.0 Å². The second-order valence-electron chi connectivity index (χ2n) is 6.39. The Balaban J connectivity index is 1.86. The highest BCUT2D eigenvalue weighted by atomic mass is 79.9. The van der Waals surface area contributed by atoms with Crippen molar-refractivity contribution in [2.24, 2.45) is 0 Å². The lowest BCUT2D eigenvalue weighted by Crippen LogP contribution is -2.50. The third kappa shape index (κ3) is 6.63. The first kappa shape index (κ1) is 23.0. The van der Waals surface area contributed by atoms with Crippen molar-refractivity contribution in [2.75, 3.05) is 48.7 Å². The lowest BCUT2D eigenvalue weighted by Gasteiger charge is -2.35. The smallest absolute Gasteiger partial charge is 0.369 e. The number of halogens is 4. The molecule has 1 fully saturated rings. The van der Waals surface area contributed by atoms with Crippen LogP contribution in [0, 0.1) is 0 Å². The van der Waals surface area contributed by atoms with Crippen LogP contribution in [0.25, 0.3) is 0 Å². The summed E-state index contributed by atoms with van der Waals surface area (Å²) in [5.41, 5.74) is -0.304. The Morgan fingerprint density at radius 1 is 1.18 bits per heavy atom. The van der Waals surface area contributed by atoms with E-state index in [1.54, 1.807) is 11.0 Å². The van der Waals surface area contributed by atoms with Gasteiger partial charge in [-0.25, -0.2) is 8.42 Å². The molecular weight excluding hydrogens is 463 g/mol. The maximum Gasteiger partial charge on any atom is 0.416 e. The average molecular weight is 486 g/mol. The molecule has 1 aliphatic rings. The minimum atomic E-state index is -4.42. The van der Waals surface area contributed by atoms with Gasteiger partial charge < -0.3 is 10.2 Å². The summed E-state index contributed by atoms with van der Waals surface area (Å²) in [6.07, 6.45) is -3.41. The molecule has 1 saturated heterocycles. The van der Waals surface area contributed by atoms with Crippen LogP contribution in [0.15, 0.2) is 24.3 Å². The molecule has 1 aromatic carbocycles. The van der Waals surface area contributed by atoms with Crippen LogP contribution >= 0.6 is 15.9 Å². The summed E-state index contributed by atoms with van der Waals surface area (Å²) in [5.74, 6) is -0.389. The van der Waals surface area contributed by atoms with E-state index in [1.165, 1.54) is 10.4 Å². The third-order valence-electron chi connectivity index (χ3n) is 4.39. The van der Waals surface area contributed by atoms with Gasteiger partial charge in [-0.05, 0) is 24.6 Å². The standard InChI is InChI=1S/C17H23BrF3N3O3S/c18-6-2-5-16(25)22-7-12-28(26,27)24-10-8-23(9-11-24)15-4-1-3-14(13-15)17(19,20)21/h1,3-4,13H,2,5-12H2,(H,22,25). The van der Waals surface area contributed by atoms with Crippen molar-refractivity contribution in [3.05, 3.63) is 29.8 Å². The third-order valence-corrected chi connectivity index (χ3v) is 6.82. The number of rotatable bonds is 8. The van der Waals surface area contributed by atoms with E-state index in [2.05, 4.69) is 21.2 Å². The number of nitrogens with one attached hydrogen (secondary N) is 1. The maximum absolute atomic E-state index is 12.9. The maximum atomic E-state index is 12.9. The summed E-state index contributed by atoms with van der Waals surface area (Å²) in [4.78, 5) is 13.3. The monoisotopic (exact) mass is 485 g/mol. The number of amides is 1. The van der Waals surface area contributed by atoms with Crippen LogP contribution in [0.2, 0.25) is 0 Å². The van der Waals surface area contributed by atoms with Gasteiger partial charge >= 0.3 is 6.18 Å². The van der Waals surface area contributed by atoms with Gasteiger partial charge in [-0.3, -0.25) is 4.79 Å². The predicted molar refractivity (Wildman–Crippen MR) is 105 cm³/mol. The average Bonchev–Trinajstić information content (AvgIpc) is 2.66. The number of nitrogens with zero attached hydrogens (tertiary/aromatic N) is 2. The molecule has 0 unspecified atom stereocenters. The van der Waals surface area contributed by atoms with Crippen LogP contribution in [-0.4, -0.2) is 62.4 Å². The van der Waals surface area contributed by atoms with Crippen LogP contribution in [0.4, 0.5) is 18.9 Å². The van der Waals surface area contributed by atoms with Crippen LogP contribution in [0.5, 0.6) is 0 Å². The molecule has 0 radical (unpaired) electrons. The highest BCUT2D eigenvalue weighted by Gasteiger charge is 2.32. The Labute approximate surface area is 171 Å². The van der Waals surface area contributed by atoms with E-state index in [1.807, 2.05) is 0 Å². The molecule has 0 bridgehead atoms. The summed E-state index contributed by atoms with van der Waals surface area (Å²) < 4.78 is 64.7. The zero-order valence-electron chi connectivity index (χ0n) is 15.2. The molecule has 0 aliphatic carbocycles. The number of sulfonamides is 1. The van der Waals surface area contributed by atoms with Crippen molar-refractivity contribution in [1.82, 2.24) is 9.62 Å². The minimum Gasteiger partial charge on any atom is -0.369 e. The quantitative estimate of drug-likeness (QED) is 0.574. The Morgan fingerprint density at radius 3 is 2.46 bits per heavy atom. The van der Waals surface area contributed by atoms with Gasteiger partial charge in [0.25, 0.3) is 0 Å². The number of carbonyl (C=O) groups excluding carboxylic acids is 1. The number of benzene rings is 1. The molecule has 158 valence electrons. The zero-order valence-corrected chi connectivity index (χ0v) is 17.6. The van der Waals surface area contributed by atoms with Crippen LogP contribution in [0.1, 0.15) is 18.4 Å². The first-order valence-corrected chi connectivity index (χ1v) is 11.6. The molecule has 1 aromatic rings. The molecule has 1 amide bonds. The molecular formula is C17H23BrF3N3O3S. The fourth-order valence-corrected chi connectivity index (χ4v) is 4.49. The number of anilines is 1. The van der Waals surface area contributed by atoms with Crippen molar-refractivity contribution in [1.29, 1.82) is 0 Å². The van der Waals surface area contributed by atoms with E-state index < -0.39 is 21.8 Å². The van der Waals surface area contributed by atoms with Crippen LogP contribution < -0.4 is 10.2 Å². The van der Waals surface area contributed by atoms with Crippen molar-refractivity contribution in [3.63, 3.8) is 0 Å². The lowest BCUT2D eigenvalue weighted by molar-refractivity contribution is -0.137. The van der Waals surface area contributed by atoms with E-state index in [-0.39, 0.29) is 31.3 Å². The molecule has 1 heterocycles. The Bertz CT molecular complexity index is 766. The fourth-order valence-electron chi connectivity index (χ4n) is 2.87. The first-order valence-electron chi connectivity index (χ1n) is 8.86. The molecule has 0 atom stereocenters. The van der Waals surface area contributed by atoms with Gasteiger partial charge in [0.15, 0.2) is 0 Å². The Morgan fingerprint density at radius 2 is 1.86 bits per heavy atom. The van der Waals surface area contributed by atoms with E-state index >= 15 is 0 Å². The summed E-state index contributed by atoms with van der Waals surface area (Å²) in [6.45, 7) is 1.03. The van der Waals surface area contributed by atoms with Crippen molar-refractivity contribution in [2.45, 2.75) is 19.0 Å².